The van der Waals surface area contributed by atoms with Gasteiger partial charge in [-0.3, -0.25) is 15.5 Å². The van der Waals surface area contributed by atoms with Crippen LogP contribution >= 0.6 is 11.3 Å². The Bertz CT molecular complexity index is 1050. The summed E-state index contributed by atoms with van der Waals surface area (Å²) in [7, 11) is 0. The minimum Gasteiger partial charge on any atom is -0.493 e. The van der Waals surface area contributed by atoms with Crippen molar-refractivity contribution in [2.45, 2.75) is 13.8 Å². The maximum Gasteiger partial charge on any atom is 0.311 e. The number of nitro groups is 1. The molecule has 0 amide bonds. The van der Waals surface area contributed by atoms with Crippen LogP contribution in [0.2, 0.25) is 0 Å². The summed E-state index contributed by atoms with van der Waals surface area (Å²) in [6.45, 7) is 4.23. The Morgan fingerprint density at radius 3 is 2.57 bits per heavy atom. The smallest absolute Gasteiger partial charge is 0.311 e. The molecule has 0 saturated carbocycles. The second kappa shape index (κ2) is 9.79. The second-order valence-corrected chi connectivity index (χ2v) is 6.75. The first-order valence-corrected chi connectivity index (χ1v) is 9.98. The summed E-state index contributed by atoms with van der Waals surface area (Å²) in [5, 5.41) is 17.8. The van der Waals surface area contributed by atoms with Gasteiger partial charge in [0.1, 0.15) is 11.6 Å². The molecule has 0 atom stereocenters. The van der Waals surface area contributed by atoms with E-state index in [4.69, 9.17) is 9.47 Å². The summed E-state index contributed by atoms with van der Waals surface area (Å²) in [5.74, 6) is 0.245. The molecule has 2 aromatic carbocycles. The summed E-state index contributed by atoms with van der Waals surface area (Å²) < 4.78 is 24.0. The van der Waals surface area contributed by atoms with Crippen LogP contribution in [0.4, 0.5) is 15.2 Å². The van der Waals surface area contributed by atoms with Crippen LogP contribution in [0, 0.1) is 15.9 Å². The van der Waals surface area contributed by atoms with Crippen LogP contribution in [0.3, 0.4) is 0 Å². The van der Waals surface area contributed by atoms with Gasteiger partial charge in [0, 0.05) is 28.6 Å². The molecule has 0 saturated heterocycles. The van der Waals surface area contributed by atoms with Gasteiger partial charge in [-0.05, 0) is 38.1 Å². The highest BCUT2D eigenvalue weighted by atomic mass is 32.1. The lowest BCUT2D eigenvalue weighted by Crippen LogP contribution is -2.03. The number of halogens is 1. The average Bonchev–Trinajstić information content (AvgIpc) is 3.19. The molecule has 0 fully saturated rings. The molecule has 30 heavy (non-hydrogen) atoms. The van der Waals surface area contributed by atoms with Crippen molar-refractivity contribution in [1.82, 2.24) is 4.98 Å². The SMILES string of the molecule is CCOc1cc(OCC)c([N+](=O)[O-])cc1/C=N\Nc1nc(-c2ccc(F)cc2)cs1. The van der Waals surface area contributed by atoms with Crippen molar-refractivity contribution in [3.05, 3.63) is 63.3 Å². The number of nitrogens with zero attached hydrogens (tertiary/aromatic N) is 3. The monoisotopic (exact) mass is 430 g/mol. The minimum absolute atomic E-state index is 0.139. The third-order valence-corrected chi connectivity index (χ3v) is 4.64. The van der Waals surface area contributed by atoms with E-state index in [9.17, 15) is 14.5 Å². The van der Waals surface area contributed by atoms with Gasteiger partial charge in [0.15, 0.2) is 0 Å². The number of ether oxygens (including phenoxy) is 2. The fourth-order valence-corrected chi connectivity index (χ4v) is 3.26. The van der Waals surface area contributed by atoms with E-state index < -0.39 is 4.92 Å². The molecule has 3 aromatic rings. The molecule has 0 unspecified atom stereocenters. The highest BCUT2D eigenvalue weighted by molar-refractivity contribution is 7.14. The zero-order chi connectivity index (χ0) is 21.5. The van der Waals surface area contributed by atoms with E-state index in [0.29, 0.717) is 35.4 Å². The number of hydrogen-bond donors (Lipinski definition) is 1. The number of aromatic nitrogens is 1. The van der Waals surface area contributed by atoms with Gasteiger partial charge in [-0.1, -0.05) is 0 Å². The van der Waals surface area contributed by atoms with Crippen molar-refractivity contribution in [3.8, 4) is 22.8 Å². The Morgan fingerprint density at radius 1 is 1.20 bits per heavy atom. The molecule has 3 rings (SSSR count). The van der Waals surface area contributed by atoms with Crippen molar-refractivity contribution in [3.63, 3.8) is 0 Å². The summed E-state index contributed by atoms with van der Waals surface area (Å²) in [6.07, 6.45) is 1.42. The molecule has 8 nitrogen and oxygen atoms in total. The predicted molar refractivity (Wildman–Crippen MR) is 114 cm³/mol. The lowest BCUT2D eigenvalue weighted by molar-refractivity contribution is -0.385. The Hall–Kier alpha value is -3.53. The van der Waals surface area contributed by atoms with E-state index in [1.54, 1.807) is 19.1 Å². The summed E-state index contributed by atoms with van der Waals surface area (Å²) >= 11 is 1.33. The lowest BCUT2D eigenvalue weighted by atomic mass is 10.1. The number of anilines is 1. The molecule has 0 aliphatic carbocycles. The van der Waals surface area contributed by atoms with Crippen LogP contribution in [-0.4, -0.2) is 29.3 Å². The molecule has 10 heteroatoms. The van der Waals surface area contributed by atoms with Gasteiger partial charge in [-0.25, -0.2) is 9.37 Å². The second-order valence-electron chi connectivity index (χ2n) is 5.90. The molecule has 1 N–H and O–H groups in total. The van der Waals surface area contributed by atoms with Crippen molar-refractivity contribution < 1.29 is 18.8 Å². The number of benzene rings is 2. The molecule has 1 heterocycles. The van der Waals surface area contributed by atoms with Crippen LogP contribution < -0.4 is 14.9 Å². The van der Waals surface area contributed by atoms with Gasteiger partial charge in [-0.15, -0.1) is 11.3 Å². The van der Waals surface area contributed by atoms with Gasteiger partial charge < -0.3 is 9.47 Å². The van der Waals surface area contributed by atoms with Crippen LogP contribution in [0.25, 0.3) is 11.3 Å². The highest BCUT2D eigenvalue weighted by Gasteiger charge is 2.19. The van der Waals surface area contributed by atoms with Crippen molar-refractivity contribution in [2.75, 3.05) is 18.6 Å². The number of nitro benzene ring substituents is 1. The van der Waals surface area contributed by atoms with E-state index in [1.165, 1.54) is 41.8 Å². The van der Waals surface area contributed by atoms with Crippen molar-refractivity contribution in [2.24, 2.45) is 5.10 Å². The summed E-state index contributed by atoms with van der Waals surface area (Å²) in [4.78, 5) is 15.2. The fraction of sp³-hybridized carbons (Fsp3) is 0.200. The number of nitrogens with one attached hydrogen (secondary N) is 1. The van der Waals surface area contributed by atoms with Crippen molar-refractivity contribution >= 4 is 28.4 Å². The van der Waals surface area contributed by atoms with Gasteiger partial charge >= 0.3 is 5.69 Å². The number of rotatable bonds is 9. The van der Waals surface area contributed by atoms with Crippen LogP contribution in [0.15, 0.2) is 46.9 Å². The third-order valence-electron chi connectivity index (χ3n) is 3.90. The summed E-state index contributed by atoms with van der Waals surface area (Å²) in [5.41, 5.74) is 4.52. The summed E-state index contributed by atoms with van der Waals surface area (Å²) in [6, 6.07) is 8.87. The topological polar surface area (TPSA) is 98.9 Å². The van der Waals surface area contributed by atoms with Gasteiger partial charge in [0.05, 0.1) is 30.0 Å². The molecule has 0 radical (unpaired) electrons. The predicted octanol–water partition coefficient (Wildman–Crippen LogP) is 5.10. The Labute approximate surface area is 176 Å². The number of hydrazone groups is 1. The largest absolute Gasteiger partial charge is 0.493 e. The Morgan fingerprint density at radius 2 is 1.90 bits per heavy atom. The zero-order valence-electron chi connectivity index (χ0n) is 16.3. The van der Waals surface area contributed by atoms with Crippen LogP contribution in [0.1, 0.15) is 19.4 Å². The Balaban J connectivity index is 1.80. The molecule has 0 bridgehead atoms. The van der Waals surface area contributed by atoms with E-state index in [0.717, 1.165) is 5.56 Å². The molecular weight excluding hydrogens is 411 g/mol. The van der Waals surface area contributed by atoms with E-state index in [-0.39, 0.29) is 17.3 Å². The first-order chi connectivity index (χ1) is 14.5. The van der Waals surface area contributed by atoms with E-state index in [1.807, 2.05) is 12.3 Å². The number of thiazole rings is 1. The van der Waals surface area contributed by atoms with E-state index >= 15 is 0 Å². The maximum absolute atomic E-state index is 13.1. The first kappa shape index (κ1) is 21.2. The molecule has 0 aliphatic heterocycles. The molecule has 1 aromatic heterocycles. The highest BCUT2D eigenvalue weighted by Crippen LogP contribution is 2.34. The van der Waals surface area contributed by atoms with Gasteiger partial charge in [0.25, 0.3) is 0 Å². The number of hydrogen-bond acceptors (Lipinski definition) is 8. The van der Waals surface area contributed by atoms with E-state index in [2.05, 4.69) is 15.5 Å². The first-order valence-electron chi connectivity index (χ1n) is 9.10. The quantitative estimate of drug-likeness (QED) is 0.288. The average molecular weight is 430 g/mol. The van der Waals surface area contributed by atoms with Crippen LogP contribution in [0.5, 0.6) is 11.5 Å². The van der Waals surface area contributed by atoms with Gasteiger partial charge in [0.2, 0.25) is 10.9 Å². The molecular formula is C20H19FN4O4S. The molecule has 156 valence electrons. The minimum atomic E-state index is -0.513. The normalized spacial score (nSPS) is 10.9. The third kappa shape index (κ3) is 5.09. The van der Waals surface area contributed by atoms with Crippen molar-refractivity contribution in [1.29, 1.82) is 0 Å². The lowest BCUT2D eigenvalue weighted by Gasteiger charge is -2.10. The van der Waals surface area contributed by atoms with Gasteiger partial charge in [-0.2, -0.15) is 5.10 Å². The zero-order valence-corrected chi connectivity index (χ0v) is 17.1. The molecule has 0 spiro atoms. The maximum atomic E-state index is 13.1. The standard InChI is InChI=1S/C20H19FN4O4S/c1-3-28-18-10-19(29-4-2)17(25(26)27)9-14(18)11-22-24-20-23-16(12-30-20)13-5-7-15(21)8-6-13/h5-12H,3-4H2,1-2H3,(H,23,24)/b22-11-. The van der Waals surface area contributed by atoms with Crippen LogP contribution in [-0.2, 0) is 0 Å². The fourth-order valence-electron chi connectivity index (χ4n) is 2.60. The molecule has 0 aliphatic rings. The Kier molecular flexibility index (Phi) is 6.91.